The van der Waals surface area contributed by atoms with Crippen LogP contribution in [0, 0.1) is 0 Å². The zero-order chi connectivity index (χ0) is 11.8. The standard InChI is InChI=1S/C10H14FNO4/c1-2-15-8(13)10(11)6-7-4-3-5-12(7)9(14)16-10/h7H,2-6H2,1H3/t7-,10+/m1/s1. The van der Waals surface area contributed by atoms with E-state index in [1.165, 1.54) is 4.90 Å². The fraction of sp³-hybridized carbons (Fsp3) is 0.800. The number of ether oxygens (including phenoxy) is 2. The Morgan fingerprint density at radius 1 is 1.75 bits per heavy atom. The van der Waals surface area contributed by atoms with Crippen LogP contribution >= 0.6 is 0 Å². The van der Waals surface area contributed by atoms with Crippen molar-refractivity contribution in [1.29, 1.82) is 0 Å². The molecule has 2 atom stereocenters. The van der Waals surface area contributed by atoms with E-state index in [0.717, 1.165) is 6.42 Å². The summed E-state index contributed by atoms with van der Waals surface area (Å²) >= 11 is 0. The van der Waals surface area contributed by atoms with Crippen LogP contribution in [0.3, 0.4) is 0 Å². The maximum Gasteiger partial charge on any atom is 0.413 e. The molecule has 0 saturated carbocycles. The van der Waals surface area contributed by atoms with Crippen LogP contribution < -0.4 is 0 Å². The van der Waals surface area contributed by atoms with Gasteiger partial charge in [0.1, 0.15) is 0 Å². The molecule has 0 aromatic carbocycles. The molecule has 2 fully saturated rings. The predicted molar refractivity (Wildman–Crippen MR) is 51.3 cm³/mol. The topological polar surface area (TPSA) is 55.8 Å². The molecule has 2 saturated heterocycles. The maximum atomic E-state index is 14.1. The third kappa shape index (κ3) is 1.72. The molecule has 0 spiro atoms. The number of esters is 1. The van der Waals surface area contributed by atoms with E-state index in [1.807, 2.05) is 0 Å². The summed E-state index contributed by atoms with van der Waals surface area (Å²) in [5.74, 6) is -3.70. The van der Waals surface area contributed by atoms with Crippen molar-refractivity contribution in [2.75, 3.05) is 13.2 Å². The van der Waals surface area contributed by atoms with Crippen molar-refractivity contribution in [1.82, 2.24) is 4.90 Å². The molecule has 2 rings (SSSR count). The summed E-state index contributed by atoms with van der Waals surface area (Å²) in [6, 6.07) is -0.240. The van der Waals surface area contributed by atoms with Crippen LogP contribution in [0.25, 0.3) is 0 Å². The summed E-state index contributed by atoms with van der Waals surface area (Å²) in [6.07, 6.45) is 0.639. The molecule has 6 heteroatoms. The molecule has 0 bridgehead atoms. The number of hydrogen-bond acceptors (Lipinski definition) is 4. The molecular formula is C10H14FNO4. The number of rotatable bonds is 2. The largest absolute Gasteiger partial charge is 0.461 e. The molecule has 16 heavy (non-hydrogen) atoms. The van der Waals surface area contributed by atoms with E-state index < -0.39 is 17.9 Å². The van der Waals surface area contributed by atoms with E-state index in [-0.39, 0.29) is 19.1 Å². The van der Waals surface area contributed by atoms with Crippen molar-refractivity contribution in [3.63, 3.8) is 0 Å². The van der Waals surface area contributed by atoms with Crippen molar-refractivity contribution < 1.29 is 23.5 Å². The minimum atomic E-state index is -2.60. The molecule has 0 radical (unpaired) electrons. The average Bonchev–Trinajstić information content (AvgIpc) is 2.66. The second-order valence-corrected chi connectivity index (χ2v) is 4.01. The number of nitrogens with zero attached hydrogens (tertiary/aromatic N) is 1. The van der Waals surface area contributed by atoms with Crippen LogP contribution in [-0.4, -0.2) is 42.0 Å². The van der Waals surface area contributed by atoms with Gasteiger partial charge in [0, 0.05) is 12.6 Å². The second-order valence-electron chi connectivity index (χ2n) is 4.01. The van der Waals surface area contributed by atoms with Crippen molar-refractivity contribution >= 4 is 12.1 Å². The number of cyclic esters (lactones) is 1. The fourth-order valence-corrected chi connectivity index (χ4v) is 2.19. The van der Waals surface area contributed by atoms with Gasteiger partial charge in [0.15, 0.2) is 0 Å². The number of fused-ring (bicyclic) bond motifs is 1. The molecule has 2 aliphatic rings. The Morgan fingerprint density at radius 3 is 3.19 bits per heavy atom. The predicted octanol–water partition coefficient (Wildman–Crippen LogP) is 1.22. The number of carbonyl (C=O) groups is 2. The lowest BCUT2D eigenvalue weighted by atomic mass is 10.0. The van der Waals surface area contributed by atoms with Gasteiger partial charge in [-0.1, -0.05) is 0 Å². The van der Waals surface area contributed by atoms with Gasteiger partial charge in [-0.05, 0) is 19.8 Å². The van der Waals surface area contributed by atoms with E-state index in [0.29, 0.717) is 13.0 Å². The smallest absolute Gasteiger partial charge is 0.413 e. The van der Waals surface area contributed by atoms with Crippen LogP contribution in [0.2, 0.25) is 0 Å². The van der Waals surface area contributed by atoms with Crippen LogP contribution in [0.5, 0.6) is 0 Å². The van der Waals surface area contributed by atoms with Gasteiger partial charge in [-0.2, -0.15) is 4.39 Å². The lowest BCUT2D eigenvalue weighted by Crippen LogP contribution is -2.54. The zero-order valence-electron chi connectivity index (χ0n) is 9.07. The number of alkyl halides is 1. The Hall–Kier alpha value is -1.33. The minimum absolute atomic E-state index is 0.0659. The van der Waals surface area contributed by atoms with E-state index in [2.05, 4.69) is 9.47 Å². The van der Waals surface area contributed by atoms with Crippen LogP contribution in [0.1, 0.15) is 26.2 Å². The number of halogens is 1. The van der Waals surface area contributed by atoms with Gasteiger partial charge in [0.25, 0.3) is 0 Å². The first-order chi connectivity index (χ1) is 7.57. The SMILES string of the molecule is CCOC(=O)[C@]1(F)C[C@H]2CCCN2C(=O)O1. The van der Waals surface area contributed by atoms with E-state index >= 15 is 0 Å². The van der Waals surface area contributed by atoms with E-state index in [4.69, 9.17) is 0 Å². The van der Waals surface area contributed by atoms with Crippen molar-refractivity contribution in [2.45, 2.75) is 38.1 Å². The highest BCUT2D eigenvalue weighted by atomic mass is 19.2. The first kappa shape index (κ1) is 11.2. The second kappa shape index (κ2) is 3.92. The Balaban J connectivity index is 2.12. The maximum absolute atomic E-state index is 14.1. The Bertz CT molecular complexity index is 322. The Labute approximate surface area is 92.5 Å². The first-order valence-electron chi connectivity index (χ1n) is 5.42. The molecule has 2 aliphatic heterocycles. The van der Waals surface area contributed by atoms with Crippen molar-refractivity contribution in [2.24, 2.45) is 0 Å². The summed E-state index contributed by atoms with van der Waals surface area (Å²) in [6.45, 7) is 2.21. The number of amides is 1. The van der Waals surface area contributed by atoms with Gasteiger partial charge < -0.3 is 14.4 Å². The van der Waals surface area contributed by atoms with Crippen molar-refractivity contribution in [3.05, 3.63) is 0 Å². The highest BCUT2D eigenvalue weighted by molar-refractivity contribution is 5.83. The molecule has 0 unspecified atom stereocenters. The van der Waals surface area contributed by atoms with Gasteiger partial charge in [0.2, 0.25) is 0 Å². The highest BCUT2D eigenvalue weighted by Gasteiger charge is 2.53. The molecule has 90 valence electrons. The quantitative estimate of drug-likeness (QED) is 0.670. The van der Waals surface area contributed by atoms with Crippen LogP contribution in [0.4, 0.5) is 9.18 Å². The monoisotopic (exact) mass is 231 g/mol. The first-order valence-corrected chi connectivity index (χ1v) is 5.42. The molecular weight excluding hydrogens is 217 g/mol. The number of hydrogen-bond donors (Lipinski definition) is 0. The summed E-state index contributed by atoms with van der Waals surface area (Å²) in [5.41, 5.74) is 0. The summed E-state index contributed by atoms with van der Waals surface area (Å²) in [5, 5.41) is 0. The molecule has 1 amide bonds. The lowest BCUT2D eigenvalue weighted by Gasteiger charge is -2.36. The molecule has 0 aliphatic carbocycles. The van der Waals surface area contributed by atoms with Gasteiger partial charge >= 0.3 is 17.9 Å². The highest BCUT2D eigenvalue weighted by Crippen LogP contribution is 2.35. The zero-order valence-corrected chi connectivity index (χ0v) is 9.07. The van der Waals surface area contributed by atoms with E-state index in [1.54, 1.807) is 6.92 Å². The van der Waals surface area contributed by atoms with Gasteiger partial charge in [-0.3, -0.25) is 0 Å². The fourth-order valence-electron chi connectivity index (χ4n) is 2.19. The normalized spacial score (nSPS) is 33.2. The molecule has 0 N–H and O–H groups in total. The summed E-state index contributed by atoms with van der Waals surface area (Å²) in [4.78, 5) is 24.3. The minimum Gasteiger partial charge on any atom is -0.461 e. The van der Waals surface area contributed by atoms with Crippen LogP contribution in [-0.2, 0) is 14.3 Å². The molecule has 0 aromatic heterocycles. The third-order valence-electron chi connectivity index (χ3n) is 2.94. The van der Waals surface area contributed by atoms with Gasteiger partial charge in [-0.25, -0.2) is 9.59 Å². The Kier molecular flexibility index (Phi) is 2.73. The molecule has 5 nitrogen and oxygen atoms in total. The van der Waals surface area contributed by atoms with Gasteiger partial charge in [-0.15, -0.1) is 0 Å². The summed E-state index contributed by atoms with van der Waals surface area (Å²) < 4.78 is 23.2. The molecule has 0 aromatic rings. The average molecular weight is 231 g/mol. The van der Waals surface area contributed by atoms with Crippen molar-refractivity contribution in [3.8, 4) is 0 Å². The Morgan fingerprint density at radius 2 is 2.50 bits per heavy atom. The lowest BCUT2D eigenvalue weighted by molar-refractivity contribution is -0.199. The van der Waals surface area contributed by atoms with Crippen LogP contribution in [0.15, 0.2) is 0 Å². The third-order valence-corrected chi connectivity index (χ3v) is 2.94. The van der Waals surface area contributed by atoms with E-state index in [9.17, 15) is 14.0 Å². The number of carbonyl (C=O) groups excluding carboxylic acids is 2. The van der Waals surface area contributed by atoms with Gasteiger partial charge in [0.05, 0.1) is 13.0 Å². The summed E-state index contributed by atoms with van der Waals surface area (Å²) in [7, 11) is 0. The molecule has 2 heterocycles.